The third kappa shape index (κ3) is 3.98. The summed E-state index contributed by atoms with van der Waals surface area (Å²) in [6.07, 6.45) is 6.80. The average Bonchev–Trinajstić information content (AvgIpc) is 3.14. The molecule has 116 valence electrons. The van der Waals surface area contributed by atoms with Crippen LogP contribution in [0, 0.1) is 12.8 Å². The van der Waals surface area contributed by atoms with E-state index in [0.717, 1.165) is 30.9 Å². The van der Waals surface area contributed by atoms with Gasteiger partial charge in [-0.2, -0.15) is 0 Å². The predicted molar refractivity (Wildman–Crippen MR) is 86.8 cm³/mol. The average molecular weight is 288 g/mol. The van der Waals surface area contributed by atoms with Crippen molar-refractivity contribution in [3.05, 3.63) is 29.8 Å². The molecule has 1 aliphatic heterocycles. The highest BCUT2D eigenvalue weighted by Gasteiger charge is 2.34. The molecule has 1 heterocycles. The van der Waals surface area contributed by atoms with Crippen LogP contribution in [0.5, 0.6) is 5.75 Å². The minimum atomic E-state index is 0.682. The molecule has 1 aliphatic carbocycles. The van der Waals surface area contributed by atoms with Crippen LogP contribution >= 0.6 is 0 Å². The summed E-state index contributed by atoms with van der Waals surface area (Å²) in [4.78, 5) is 0. The van der Waals surface area contributed by atoms with E-state index in [1.165, 1.54) is 44.2 Å². The maximum Gasteiger partial charge on any atom is 0.119 e. The van der Waals surface area contributed by atoms with E-state index in [1.807, 2.05) is 6.07 Å². The van der Waals surface area contributed by atoms with E-state index < -0.39 is 0 Å². The summed E-state index contributed by atoms with van der Waals surface area (Å²) in [5.41, 5.74) is 1.25. The largest absolute Gasteiger partial charge is 0.492 e. The molecule has 3 atom stereocenters. The zero-order chi connectivity index (χ0) is 14.5. The van der Waals surface area contributed by atoms with Crippen LogP contribution in [0.4, 0.5) is 0 Å². The summed E-state index contributed by atoms with van der Waals surface area (Å²) in [5.74, 6) is 1.81. The number of aryl methyl sites for hydroxylation is 1. The second-order valence-electron chi connectivity index (χ2n) is 6.52. The first kappa shape index (κ1) is 14.9. The van der Waals surface area contributed by atoms with Gasteiger partial charge in [-0.15, -0.1) is 0 Å². The van der Waals surface area contributed by atoms with Crippen LogP contribution in [-0.4, -0.2) is 31.8 Å². The van der Waals surface area contributed by atoms with Crippen molar-refractivity contribution in [1.82, 2.24) is 10.6 Å². The maximum absolute atomic E-state index is 5.83. The van der Waals surface area contributed by atoms with Crippen molar-refractivity contribution >= 4 is 0 Å². The van der Waals surface area contributed by atoms with Gasteiger partial charge in [0.25, 0.3) is 0 Å². The van der Waals surface area contributed by atoms with Gasteiger partial charge in [-0.05, 0) is 62.8 Å². The molecule has 21 heavy (non-hydrogen) atoms. The smallest absolute Gasteiger partial charge is 0.119 e. The lowest BCUT2D eigenvalue weighted by atomic mass is 9.93. The molecule has 2 fully saturated rings. The van der Waals surface area contributed by atoms with E-state index in [9.17, 15) is 0 Å². The van der Waals surface area contributed by atoms with Gasteiger partial charge in [0.05, 0.1) is 0 Å². The number of benzene rings is 1. The Bertz CT molecular complexity index is 443. The molecule has 1 saturated heterocycles. The standard InChI is InChI=1S/C18H28N2O/c1-14-5-2-6-15(13-14)21-12-11-20-17-8-3-7-16(17)18-9-4-10-19-18/h2,5-6,13,16-20H,3-4,7-12H2,1H3. The van der Waals surface area contributed by atoms with Crippen molar-refractivity contribution in [2.75, 3.05) is 19.7 Å². The van der Waals surface area contributed by atoms with Crippen molar-refractivity contribution in [1.29, 1.82) is 0 Å². The first-order valence-electron chi connectivity index (χ1n) is 8.49. The van der Waals surface area contributed by atoms with Crippen LogP contribution in [0.1, 0.15) is 37.7 Å². The Hall–Kier alpha value is -1.06. The Balaban J connectivity index is 1.40. The van der Waals surface area contributed by atoms with E-state index in [4.69, 9.17) is 4.74 Å². The topological polar surface area (TPSA) is 33.3 Å². The van der Waals surface area contributed by atoms with E-state index >= 15 is 0 Å². The molecule has 1 aromatic rings. The van der Waals surface area contributed by atoms with Gasteiger partial charge in [0.1, 0.15) is 12.4 Å². The number of rotatable bonds is 6. The highest BCUT2D eigenvalue weighted by Crippen LogP contribution is 2.31. The Kier molecular flexibility index (Phi) is 5.15. The summed E-state index contributed by atoms with van der Waals surface area (Å²) in [6.45, 7) is 5.01. The molecule has 0 aromatic heterocycles. The normalized spacial score (nSPS) is 28.9. The van der Waals surface area contributed by atoms with Gasteiger partial charge in [-0.3, -0.25) is 0 Å². The molecule has 2 aliphatic rings. The van der Waals surface area contributed by atoms with Gasteiger partial charge in [0.15, 0.2) is 0 Å². The molecule has 3 nitrogen and oxygen atoms in total. The highest BCUT2D eigenvalue weighted by atomic mass is 16.5. The minimum Gasteiger partial charge on any atom is -0.492 e. The van der Waals surface area contributed by atoms with Crippen LogP contribution < -0.4 is 15.4 Å². The summed E-state index contributed by atoms with van der Waals surface area (Å²) < 4.78 is 5.83. The molecule has 1 saturated carbocycles. The molecule has 1 aromatic carbocycles. The lowest BCUT2D eigenvalue weighted by Crippen LogP contribution is -2.43. The van der Waals surface area contributed by atoms with E-state index in [-0.39, 0.29) is 0 Å². The van der Waals surface area contributed by atoms with Crippen LogP contribution in [0.2, 0.25) is 0 Å². The number of nitrogens with one attached hydrogen (secondary N) is 2. The molecule has 0 bridgehead atoms. The van der Waals surface area contributed by atoms with Crippen molar-refractivity contribution < 1.29 is 4.74 Å². The fourth-order valence-electron chi connectivity index (χ4n) is 3.92. The van der Waals surface area contributed by atoms with E-state index in [0.29, 0.717) is 6.04 Å². The molecule has 0 spiro atoms. The monoisotopic (exact) mass is 288 g/mol. The Morgan fingerprint density at radius 2 is 2.19 bits per heavy atom. The molecule has 0 radical (unpaired) electrons. The van der Waals surface area contributed by atoms with Gasteiger partial charge >= 0.3 is 0 Å². The summed E-state index contributed by atoms with van der Waals surface area (Å²) >= 11 is 0. The third-order valence-corrected chi connectivity index (χ3v) is 4.95. The molecule has 0 amide bonds. The Labute approximate surface area is 128 Å². The summed E-state index contributed by atoms with van der Waals surface area (Å²) in [6, 6.07) is 9.72. The summed E-state index contributed by atoms with van der Waals surface area (Å²) in [7, 11) is 0. The van der Waals surface area contributed by atoms with Gasteiger partial charge in [-0.25, -0.2) is 0 Å². The second kappa shape index (κ2) is 7.28. The van der Waals surface area contributed by atoms with Crippen molar-refractivity contribution in [2.45, 2.75) is 51.1 Å². The molecule has 2 N–H and O–H groups in total. The molecule has 3 unspecified atom stereocenters. The number of ether oxygens (including phenoxy) is 1. The van der Waals surface area contributed by atoms with Crippen LogP contribution in [-0.2, 0) is 0 Å². The number of hydrogen-bond acceptors (Lipinski definition) is 3. The van der Waals surface area contributed by atoms with E-state index in [2.05, 4.69) is 35.8 Å². The zero-order valence-electron chi connectivity index (χ0n) is 13.1. The first-order chi connectivity index (χ1) is 10.3. The predicted octanol–water partition coefficient (Wildman–Crippen LogP) is 2.88. The van der Waals surface area contributed by atoms with Gasteiger partial charge in [0, 0.05) is 18.6 Å². The van der Waals surface area contributed by atoms with Gasteiger partial charge in [0.2, 0.25) is 0 Å². The van der Waals surface area contributed by atoms with Gasteiger partial charge in [-0.1, -0.05) is 18.6 Å². The Morgan fingerprint density at radius 1 is 1.24 bits per heavy atom. The highest BCUT2D eigenvalue weighted by molar-refractivity contribution is 5.27. The molecular weight excluding hydrogens is 260 g/mol. The first-order valence-corrected chi connectivity index (χ1v) is 8.49. The number of hydrogen-bond donors (Lipinski definition) is 2. The van der Waals surface area contributed by atoms with Crippen LogP contribution in [0.15, 0.2) is 24.3 Å². The van der Waals surface area contributed by atoms with Crippen LogP contribution in [0.25, 0.3) is 0 Å². The fraction of sp³-hybridized carbons (Fsp3) is 0.667. The van der Waals surface area contributed by atoms with Crippen molar-refractivity contribution in [2.24, 2.45) is 5.92 Å². The van der Waals surface area contributed by atoms with E-state index in [1.54, 1.807) is 0 Å². The Morgan fingerprint density at radius 3 is 3.00 bits per heavy atom. The molecule has 3 heteroatoms. The van der Waals surface area contributed by atoms with Crippen LogP contribution in [0.3, 0.4) is 0 Å². The zero-order valence-corrected chi connectivity index (χ0v) is 13.1. The minimum absolute atomic E-state index is 0.682. The lowest BCUT2D eigenvalue weighted by molar-refractivity contribution is 0.276. The molecular formula is C18H28N2O. The lowest BCUT2D eigenvalue weighted by Gasteiger charge is -2.26. The van der Waals surface area contributed by atoms with Crippen molar-refractivity contribution in [3.8, 4) is 5.75 Å². The van der Waals surface area contributed by atoms with Crippen molar-refractivity contribution in [3.63, 3.8) is 0 Å². The fourth-order valence-corrected chi connectivity index (χ4v) is 3.92. The van der Waals surface area contributed by atoms with Gasteiger partial charge < -0.3 is 15.4 Å². The quantitative estimate of drug-likeness (QED) is 0.790. The second-order valence-corrected chi connectivity index (χ2v) is 6.52. The maximum atomic E-state index is 5.83. The SMILES string of the molecule is Cc1cccc(OCCNC2CCCC2C2CCCN2)c1. The summed E-state index contributed by atoms with van der Waals surface area (Å²) in [5, 5.41) is 7.41. The third-order valence-electron chi connectivity index (χ3n) is 4.95. The molecule has 3 rings (SSSR count).